The summed E-state index contributed by atoms with van der Waals surface area (Å²) in [6.45, 7) is 0.782. The van der Waals surface area contributed by atoms with Crippen molar-refractivity contribution in [1.29, 1.82) is 0 Å². The molecule has 1 saturated heterocycles. The Morgan fingerprint density at radius 2 is 1.95 bits per heavy atom. The Hall–Kier alpha value is -1.01. The average molecular weight is 300 g/mol. The first-order chi connectivity index (χ1) is 8.50. The van der Waals surface area contributed by atoms with Crippen LogP contribution in [-0.4, -0.2) is 19.1 Å². The highest BCUT2D eigenvalue weighted by atomic mass is 35.5. The number of halogens is 5. The summed E-state index contributed by atoms with van der Waals surface area (Å²) in [7, 11) is 0. The van der Waals surface area contributed by atoms with Crippen LogP contribution in [-0.2, 0) is 0 Å². The van der Waals surface area contributed by atoms with Crippen LogP contribution in [0.15, 0.2) is 24.3 Å². The lowest BCUT2D eigenvalue weighted by atomic mass is 10.0. The number of ether oxygens (including phenoxy) is 1. The van der Waals surface area contributed by atoms with Crippen molar-refractivity contribution in [2.24, 2.45) is 0 Å². The molecule has 1 aromatic carbocycles. The van der Waals surface area contributed by atoms with Crippen molar-refractivity contribution in [2.75, 3.05) is 6.54 Å². The Morgan fingerprint density at radius 1 is 1.26 bits per heavy atom. The molecule has 1 aliphatic heterocycles. The summed E-state index contributed by atoms with van der Waals surface area (Å²) < 4.78 is 54.2. The van der Waals surface area contributed by atoms with E-state index in [4.69, 9.17) is 0 Å². The van der Waals surface area contributed by atoms with Gasteiger partial charge in [0.25, 0.3) is 0 Å². The topological polar surface area (TPSA) is 21.3 Å². The minimum atomic E-state index is -4.46. The van der Waals surface area contributed by atoms with Gasteiger partial charge in [-0.2, -0.15) is 17.6 Å². The normalized spacial score (nSPS) is 19.3. The fourth-order valence-electron chi connectivity index (χ4n) is 2.00. The van der Waals surface area contributed by atoms with E-state index in [0.717, 1.165) is 19.4 Å². The third kappa shape index (κ3) is 3.73. The van der Waals surface area contributed by atoms with Gasteiger partial charge < -0.3 is 10.1 Å². The zero-order valence-corrected chi connectivity index (χ0v) is 10.7. The van der Waals surface area contributed by atoms with Gasteiger partial charge in [-0.1, -0.05) is 18.2 Å². The Labute approximate surface area is 114 Å². The summed E-state index contributed by atoms with van der Waals surface area (Å²) in [5.74, 6) is -0.192. The van der Waals surface area contributed by atoms with Crippen molar-refractivity contribution in [3.05, 3.63) is 29.8 Å². The number of hydrogen-bond donors (Lipinski definition) is 1. The Kier molecular flexibility index (Phi) is 5.43. The maximum atomic E-state index is 12.9. The summed E-state index contributed by atoms with van der Waals surface area (Å²) in [5, 5.41) is 3.12. The molecule has 1 heterocycles. The molecular formula is C12H14ClF4NO. The third-order valence-electron chi connectivity index (χ3n) is 2.85. The number of alkyl halides is 4. The average Bonchev–Trinajstić information content (AvgIpc) is 2.82. The second-order valence-electron chi connectivity index (χ2n) is 4.15. The number of nitrogens with one attached hydrogen (secondary N) is 1. The predicted octanol–water partition coefficient (Wildman–Crippen LogP) is 3.77. The molecule has 0 unspecified atom stereocenters. The summed E-state index contributed by atoms with van der Waals surface area (Å²) in [4.78, 5) is 0. The van der Waals surface area contributed by atoms with E-state index in [0.29, 0.717) is 5.56 Å². The van der Waals surface area contributed by atoms with E-state index in [-0.39, 0.29) is 24.2 Å². The molecule has 1 aromatic rings. The van der Waals surface area contributed by atoms with Crippen molar-refractivity contribution in [3.63, 3.8) is 0 Å². The van der Waals surface area contributed by atoms with Crippen LogP contribution in [0.1, 0.15) is 24.4 Å². The van der Waals surface area contributed by atoms with Crippen LogP contribution < -0.4 is 10.1 Å². The van der Waals surface area contributed by atoms with Crippen molar-refractivity contribution in [1.82, 2.24) is 5.32 Å². The second-order valence-corrected chi connectivity index (χ2v) is 4.15. The van der Waals surface area contributed by atoms with Gasteiger partial charge in [0, 0.05) is 11.6 Å². The highest BCUT2D eigenvalue weighted by molar-refractivity contribution is 5.85. The number of hydrogen-bond acceptors (Lipinski definition) is 2. The van der Waals surface area contributed by atoms with Crippen LogP contribution in [0.4, 0.5) is 17.6 Å². The second kappa shape index (κ2) is 6.43. The standard InChI is InChI=1S/C12H13F4NO.ClH/c13-11(14)12(15,16)18-10-6-2-1-4-8(10)9-5-3-7-17-9;/h1-2,4,6,9,11,17H,3,5,7H2;1H/t9-;/m1./s1. The van der Waals surface area contributed by atoms with E-state index in [1.54, 1.807) is 12.1 Å². The highest BCUT2D eigenvalue weighted by Crippen LogP contribution is 2.35. The summed E-state index contributed by atoms with van der Waals surface area (Å²) >= 11 is 0. The van der Waals surface area contributed by atoms with E-state index in [1.165, 1.54) is 12.1 Å². The van der Waals surface area contributed by atoms with E-state index in [9.17, 15) is 17.6 Å². The number of para-hydroxylation sites is 1. The molecule has 7 heteroatoms. The zero-order chi connectivity index (χ0) is 13.2. The molecule has 108 valence electrons. The first kappa shape index (κ1) is 16.0. The Bertz CT molecular complexity index is 410. The highest BCUT2D eigenvalue weighted by Gasteiger charge is 2.44. The molecule has 0 aliphatic carbocycles. The fraction of sp³-hybridized carbons (Fsp3) is 0.500. The lowest BCUT2D eigenvalue weighted by molar-refractivity contribution is -0.253. The molecule has 2 nitrogen and oxygen atoms in total. The van der Waals surface area contributed by atoms with Gasteiger partial charge in [0.15, 0.2) is 0 Å². The number of rotatable bonds is 4. The van der Waals surface area contributed by atoms with Crippen LogP contribution in [0.3, 0.4) is 0 Å². The third-order valence-corrected chi connectivity index (χ3v) is 2.85. The van der Waals surface area contributed by atoms with Gasteiger partial charge in [-0.05, 0) is 25.5 Å². The van der Waals surface area contributed by atoms with E-state index >= 15 is 0 Å². The first-order valence-electron chi connectivity index (χ1n) is 5.68. The summed E-state index contributed by atoms with van der Waals surface area (Å²) in [6, 6.07) is 5.93. The molecule has 1 fully saturated rings. The number of benzene rings is 1. The Balaban J connectivity index is 0.00000180. The molecular weight excluding hydrogens is 286 g/mol. The molecule has 2 rings (SSSR count). The lowest BCUT2D eigenvalue weighted by Gasteiger charge is -2.21. The van der Waals surface area contributed by atoms with Crippen molar-refractivity contribution >= 4 is 12.4 Å². The molecule has 0 aromatic heterocycles. The molecule has 0 amide bonds. The van der Waals surface area contributed by atoms with Crippen LogP contribution in [0, 0.1) is 0 Å². The molecule has 19 heavy (non-hydrogen) atoms. The van der Waals surface area contributed by atoms with Crippen molar-refractivity contribution < 1.29 is 22.3 Å². The van der Waals surface area contributed by atoms with Crippen LogP contribution >= 0.6 is 12.4 Å². The van der Waals surface area contributed by atoms with Gasteiger partial charge in [0.2, 0.25) is 0 Å². The van der Waals surface area contributed by atoms with Gasteiger partial charge >= 0.3 is 12.5 Å². The summed E-state index contributed by atoms with van der Waals surface area (Å²) in [5.41, 5.74) is 0.496. The first-order valence-corrected chi connectivity index (χ1v) is 5.68. The molecule has 0 spiro atoms. The van der Waals surface area contributed by atoms with Crippen LogP contribution in [0.2, 0.25) is 0 Å². The quantitative estimate of drug-likeness (QED) is 0.855. The smallest absolute Gasteiger partial charge is 0.428 e. The maximum absolute atomic E-state index is 12.9. The van der Waals surface area contributed by atoms with Gasteiger partial charge in [0.1, 0.15) is 5.75 Å². The van der Waals surface area contributed by atoms with Crippen molar-refractivity contribution in [2.45, 2.75) is 31.4 Å². The molecule has 1 atom stereocenters. The molecule has 0 bridgehead atoms. The monoisotopic (exact) mass is 299 g/mol. The van der Waals surface area contributed by atoms with Gasteiger partial charge in [-0.25, -0.2) is 0 Å². The fourth-order valence-corrected chi connectivity index (χ4v) is 2.00. The zero-order valence-electron chi connectivity index (χ0n) is 9.91. The van der Waals surface area contributed by atoms with E-state index in [1.807, 2.05) is 0 Å². The lowest BCUT2D eigenvalue weighted by Crippen LogP contribution is -2.34. The van der Waals surface area contributed by atoms with Crippen molar-refractivity contribution in [3.8, 4) is 5.75 Å². The maximum Gasteiger partial charge on any atom is 0.461 e. The van der Waals surface area contributed by atoms with Crippen LogP contribution in [0.5, 0.6) is 5.75 Å². The Morgan fingerprint density at radius 3 is 2.53 bits per heavy atom. The van der Waals surface area contributed by atoms with Gasteiger partial charge in [0.05, 0.1) is 0 Å². The molecule has 1 aliphatic rings. The SMILES string of the molecule is Cl.FC(F)C(F)(F)Oc1ccccc1[C@H]1CCCN1. The van der Waals surface area contributed by atoms with E-state index < -0.39 is 12.5 Å². The predicted molar refractivity (Wildman–Crippen MR) is 65.2 cm³/mol. The van der Waals surface area contributed by atoms with E-state index in [2.05, 4.69) is 10.1 Å². The molecule has 1 N–H and O–H groups in total. The molecule has 0 radical (unpaired) electrons. The minimum absolute atomic E-state index is 0. The summed E-state index contributed by atoms with van der Waals surface area (Å²) in [6.07, 6.45) is -6.61. The van der Waals surface area contributed by atoms with Gasteiger partial charge in [-0.3, -0.25) is 0 Å². The van der Waals surface area contributed by atoms with Crippen LogP contribution in [0.25, 0.3) is 0 Å². The molecule has 0 saturated carbocycles. The minimum Gasteiger partial charge on any atom is -0.428 e. The largest absolute Gasteiger partial charge is 0.461 e. The van der Waals surface area contributed by atoms with Gasteiger partial charge in [-0.15, -0.1) is 12.4 Å².